The average Bonchev–Trinajstić information content (AvgIpc) is 2.10. The molecule has 0 bridgehead atoms. The summed E-state index contributed by atoms with van der Waals surface area (Å²) in [6, 6.07) is 0. The van der Waals surface area contributed by atoms with Crippen LogP contribution in [-0.2, 0) is 30.6 Å². The Morgan fingerprint density at radius 2 is 1.23 bits per heavy atom. The monoisotopic (exact) mass is 233 g/mol. The van der Waals surface area contributed by atoms with Crippen molar-refractivity contribution < 1.29 is 51.4 Å². The van der Waals surface area contributed by atoms with E-state index >= 15 is 0 Å². The Morgan fingerprint density at radius 1 is 1.00 bits per heavy atom. The summed E-state index contributed by atoms with van der Waals surface area (Å²) in [5, 5.41) is 31.1. The zero-order valence-corrected chi connectivity index (χ0v) is 7.72. The zero-order valence-electron chi connectivity index (χ0n) is 6.32. The molecule has 77 valence electrons. The summed E-state index contributed by atoms with van der Waals surface area (Å²) in [7, 11) is 0. The summed E-state index contributed by atoms with van der Waals surface area (Å²) in [5.41, 5.74) is 0. The summed E-state index contributed by atoms with van der Waals surface area (Å²) in [6.45, 7) is -0.876. The van der Waals surface area contributed by atoms with E-state index in [0.717, 1.165) is 17.4 Å². The molecule has 9 heteroatoms. The van der Waals surface area contributed by atoms with Gasteiger partial charge in [-0.2, -0.15) is 0 Å². The van der Waals surface area contributed by atoms with E-state index < -0.39 is 25.0 Å². The van der Waals surface area contributed by atoms with E-state index in [1.54, 1.807) is 0 Å². The molecule has 4 N–H and O–H groups in total. The number of carboxylic acid groups (broad SMARTS) is 2. The molecule has 0 heterocycles. The minimum absolute atomic E-state index is 0.438. The van der Waals surface area contributed by atoms with Crippen LogP contribution in [0.5, 0.6) is 0 Å². The van der Waals surface area contributed by atoms with Gasteiger partial charge < -0.3 is 15.5 Å². The summed E-state index contributed by atoms with van der Waals surface area (Å²) in [6.07, 6.45) is 0. The van der Waals surface area contributed by atoms with Gasteiger partial charge in [0, 0.05) is 0 Å². The van der Waals surface area contributed by atoms with Crippen molar-refractivity contribution in [2.24, 2.45) is 0 Å². The molecular weight excluding hydrogens is 225 g/mol. The molecule has 0 amide bonds. The number of carbonyl (C=O) groups is 2. The molecular formula is C4H8NO7V-. The molecule has 0 saturated carbocycles. The maximum atomic E-state index is 9.69. The van der Waals surface area contributed by atoms with Crippen LogP contribution in [0.2, 0.25) is 0 Å². The van der Waals surface area contributed by atoms with Gasteiger partial charge in [0.25, 0.3) is 11.9 Å². The summed E-state index contributed by atoms with van der Waals surface area (Å²) in [5.74, 6) is -2.23. The molecule has 0 aromatic rings. The Balaban J connectivity index is -0.000000218. The molecule has 0 aromatic heterocycles. The van der Waals surface area contributed by atoms with Crippen LogP contribution in [0.25, 0.3) is 5.32 Å². The van der Waals surface area contributed by atoms with Crippen molar-refractivity contribution in [3.8, 4) is 0 Å². The summed E-state index contributed by atoms with van der Waals surface area (Å²) < 4.78 is 8.19. The first-order valence-electron chi connectivity index (χ1n) is 2.58. The molecule has 8 nitrogen and oxygen atoms in total. The fourth-order valence-corrected chi connectivity index (χ4v) is 0.247. The van der Waals surface area contributed by atoms with Crippen molar-refractivity contribution in [2.75, 3.05) is 13.1 Å². The number of hydrogen-bond donors (Lipinski definition) is 4. The molecule has 0 fully saturated rings. The van der Waals surface area contributed by atoms with E-state index in [2.05, 4.69) is 5.32 Å². The van der Waals surface area contributed by atoms with Gasteiger partial charge in [-0.15, -0.1) is 0 Å². The van der Waals surface area contributed by atoms with Crippen LogP contribution in [0.1, 0.15) is 0 Å². The van der Waals surface area contributed by atoms with Crippen LogP contribution in [0.3, 0.4) is 0 Å². The predicted octanol–water partition coefficient (Wildman–Crippen LogP) is -0.575. The van der Waals surface area contributed by atoms with Crippen molar-refractivity contribution in [1.82, 2.24) is 0 Å². The Labute approximate surface area is 82.3 Å². The van der Waals surface area contributed by atoms with Crippen molar-refractivity contribution >= 4 is 11.9 Å². The Bertz CT molecular complexity index is 126. The number of carboxylic acids is 2. The summed E-state index contributed by atoms with van der Waals surface area (Å²) in [4.78, 5) is 19.4. The van der Waals surface area contributed by atoms with Crippen LogP contribution in [0, 0.1) is 0 Å². The van der Waals surface area contributed by atoms with E-state index in [4.69, 9.17) is 24.4 Å². The molecule has 0 saturated heterocycles. The molecule has 0 unspecified atom stereocenters. The first-order chi connectivity index (χ1) is 6.13. The first kappa shape index (κ1) is 18.1. The summed E-state index contributed by atoms with van der Waals surface area (Å²) >= 11 is 1.06. The predicted molar refractivity (Wildman–Crippen MR) is 34.3 cm³/mol. The number of aliphatic carboxylic acids is 2. The number of rotatable bonds is 4. The number of hydrogen-bond acceptors (Lipinski definition) is 5. The maximum absolute atomic E-state index is 9.69. The van der Waals surface area contributed by atoms with Gasteiger partial charge in [0.2, 0.25) is 0 Å². The van der Waals surface area contributed by atoms with E-state index in [1.165, 1.54) is 0 Å². The third kappa shape index (κ3) is 35.0. The SMILES string of the molecule is O=C(O)C[N-]CC(=O)O.OO.[O]=[V]. The van der Waals surface area contributed by atoms with Crippen LogP contribution in [-0.4, -0.2) is 45.8 Å². The Hall–Kier alpha value is -0.796. The molecule has 0 radical (unpaired) electrons. The van der Waals surface area contributed by atoms with Crippen LogP contribution < -0.4 is 0 Å². The van der Waals surface area contributed by atoms with E-state index in [0.29, 0.717) is 0 Å². The van der Waals surface area contributed by atoms with Crippen LogP contribution in [0.15, 0.2) is 0 Å². The average molecular weight is 233 g/mol. The molecule has 0 atom stereocenters. The second-order valence-corrected chi connectivity index (χ2v) is 1.33. The third-order valence-electron chi connectivity index (χ3n) is 0.494. The second kappa shape index (κ2) is 17.3. The third-order valence-corrected chi connectivity index (χ3v) is 0.494. The van der Waals surface area contributed by atoms with Gasteiger partial charge in [-0.1, -0.05) is 0 Å². The molecule has 0 aliphatic carbocycles. The molecule has 0 aliphatic rings. The zero-order chi connectivity index (χ0) is 11.3. The number of nitrogens with zero attached hydrogens (tertiary/aromatic N) is 1. The molecule has 0 aromatic carbocycles. The van der Waals surface area contributed by atoms with E-state index in [9.17, 15) is 9.59 Å². The van der Waals surface area contributed by atoms with Gasteiger partial charge in [-0.05, 0) is 13.1 Å². The van der Waals surface area contributed by atoms with E-state index in [1.807, 2.05) is 0 Å². The van der Waals surface area contributed by atoms with Gasteiger partial charge in [0.15, 0.2) is 0 Å². The Morgan fingerprint density at radius 3 is 1.38 bits per heavy atom. The van der Waals surface area contributed by atoms with Crippen LogP contribution in [0.4, 0.5) is 0 Å². The van der Waals surface area contributed by atoms with Crippen molar-refractivity contribution in [3.05, 3.63) is 5.32 Å². The fourth-order valence-electron chi connectivity index (χ4n) is 0.247. The van der Waals surface area contributed by atoms with Gasteiger partial charge in [-0.25, -0.2) is 0 Å². The second-order valence-electron chi connectivity index (χ2n) is 1.33. The van der Waals surface area contributed by atoms with Crippen molar-refractivity contribution in [3.63, 3.8) is 0 Å². The topological polar surface area (TPSA) is 146 Å². The quantitative estimate of drug-likeness (QED) is 0.375. The molecule has 13 heavy (non-hydrogen) atoms. The molecule has 0 spiro atoms. The van der Waals surface area contributed by atoms with Gasteiger partial charge in [0.05, 0.1) is 0 Å². The first-order valence-corrected chi connectivity index (χ1v) is 3.15. The van der Waals surface area contributed by atoms with E-state index in [-0.39, 0.29) is 0 Å². The molecule has 0 rings (SSSR count). The Kier molecular flexibility index (Phi) is 24.1. The van der Waals surface area contributed by atoms with Crippen molar-refractivity contribution in [1.29, 1.82) is 0 Å². The van der Waals surface area contributed by atoms with Gasteiger partial charge in [0.1, 0.15) is 0 Å². The normalized spacial score (nSPS) is 6.85. The van der Waals surface area contributed by atoms with Gasteiger partial charge in [-0.3, -0.25) is 20.1 Å². The van der Waals surface area contributed by atoms with Gasteiger partial charge >= 0.3 is 21.0 Å². The minimum atomic E-state index is -1.11. The molecule has 0 aliphatic heterocycles. The van der Waals surface area contributed by atoms with Crippen molar-refractivity contribution in [2.45, 2.75) is 0 Å². The van der Waals surface area contributed by atoms with Crippen LogP contribution >= 0.6 is 0 Å². The fraction of sp³-hybridized carbons (Fsp3) is 0.500. The standard InChI is InChI=1S/C4H6NO4.H2O2.O.V/c6-3(7)1-5-2-4(8)9;1-2;;/h1-2H2,(H,6,7)(H,8,9);1-2H;;/q-1;;;.